The molecular weight excluding hydrogens is 230 g/mol. The van der Waals surface area contributed by atoms with E-state index in [1.165, 1.54) is 11.1 Å². The van der Waals surface area contributed by atoms with Gasteiger partial charge in [-0.25, -0.2) is 0 Å². The molecule has 2 heteroatoms. The molecule has 0 aliphatic rings. The van der Waals surface area contributed by atoms with E-state index < -0.39 is 0 Å². The summed E-state index contributed by atoms with van der Waals surface area (Å²) in [7, 11) is 0. The SMILES string of the molecule is CCNCC(C)C(C)Cc1ccc(C)cc1Cl. The van der Waals surface area contributed by atoms with Gasteiger partial charge < -0.3 is 5.32 Å². The summed E-state index contributed by atoms with van der Waals surface area (Å²) in [5.41, 5.74) is 2.50. The largest absolute Gasteiger partial charge is 0.317 e. The number of hydrogen-bond acceptors (Lipinski definition) is 1. The third-order valence-corrected chi connectivity index (χ3v) is 3.79. The van der Waals surface area contributed by atoms with Crippen LogP contribution in [0.25, 0.3) is 0 Å². The fraction of sp³-hybridized carbons (Fsp3) is 0.600. The molecule has 1 nitrogen and oxygen atoms in total. The van der Waals surface area contributed by atoms with Crippen LogP contribution in [0.2, 0.25) is 5.02 Å². The standard InChI is InChI=1S/C15H24ClN/c1-5-17-10-13(4)12(3)9-14-7-6-11(2)8-15(14)16/h6-8,12-13,17H,5,9-10H2,1-4H3. The number of benzene rings is 1. The average Bonchev–Trinajstić information content (AvgIpc) is 2.29. The summed E-state index contributed by atoms with van der Waals surface area (Å²) in [5, 5.41) is 4.32. The first-order valence-corrected chi connectivity index (χ1v) is 6.88. The van der Waals surface area contributed by atoms with Crippen molar-refractivity contribution in [2.24, 2.45) is 11.8 Å². The van der Waals surface area contributed by atoms with Gasteiger partial charge in [0.25, 0.3) is 0 Å². The van der Waals surface area contributed by atoms with E-state index in [1.807, 2.05) is 0 Å². The van der Waals surface area contributed by atoms with Gasteiger partial charge in [-0.3, -0.25) is 0 Å². The fourth-order valence-corrected chi connectivity index (χ4v) is 2.25. The molecule has 1 rings (SSSR count). The Balaban J connectivity index is 2.58. The number of nitrogens with one attached hydrogen (secondary N) is 1. The Morgan fingerprint density at radius 2 is 1.94 bits per heavy atom. The van der Waals surface area contributed by atoms with Crippen LogP contribution in [0.15, 0.2) is 18.2 Å². The Morgan fingerprint density at radius 3 is 2.53 bits per heavy atom. The Morgan fingerprint density at radius 1 is 1.24 bits per heavy atom. The molecule has 0 fully saturated rings. The van der Waals surface area contributed by atoms with Crippen molar-refractivity contribution in [3.63, 3.8) is 0 Å². The van der Waals surface area contributed by atoms with Gasteiger partial charge in [0.1, 0.15) is 0 Å². The molecule has 0 spiro atoms. The molecule has 1 aromatic rings. The smallest absolute Gasteiger partial charge is 0.0440 e. The van der Waals surface area contributed by atoms with E-state index in [9.17, 15) is 0 Å². The second-order valence-electron chi connectivity index (χ2n) is 5.06. The fourth-order valence-electron chi connectivity index (χ4n) is 1.94. The topological polar surface area (TPSA) is 12.0 Å². The average molecular weight is 254 g/mol. The molecule has 0 aliphatic heterocycles. The summed E-state index contributed by atoms with van der Waals surface area (Å²) < 4.78 is 0. The third-order valence-electron chi connectivity index (χ3n) is 3.44. The maximum absolute atomic E-state index is 6.27. The van der Waals surface area contributed by atoms with Gasteiger partial charge in [0.05, 0.1) is 0 Å². The molecule has 0 heterocycles. The first-order valence-electron chi connectivity index (χ1n) is 6.50. The van der Waals surface area contributed by atoms with Gasteiger partial charge in [-0.05, 0) is 55.5 Å². The summed E-state index contributed by atoms with van der Waals surface area (Å²) in [6.07, 6.45) is 1.06. The van der Waals surface area contributed by atoms with Gasteiger partial charge in [-0.1, -0.05) is 44.5 Å². The predicted octanol–water partition coefficient (Wildman–Crippen LogP) is 4.07. The van der Waals surface area contributed by atoms with Crippen LogP contribution in [-0.4, -0.2) is 13.1 Å². The number of hydrogen-bond donors (Lipinski definition) is 1. The van der Waals surface area contributed by atoms with Crippen LogP contribution in [0, 0.1) is 18.8 Å². The normalized spacial score (nSPS) is 14.6. The lowest BCUT2D eigenvalue weighted by Crippen LogP contribution is -2.25. The van der Waals surface area contributed by atoms with Gasteiger partial charge in [0.15, 0.2) is 0 Å². The molecule has 0 aliphatic carbocycles. The molecule has 0 saturated heterocycles. The van der Waals surface area contributed by atoms with Crippen molar-refractivity contribution >= 4 is 11.6 Å². The minimum absolute atomic E-state index is 0.647. The summed E-state index contributed by atoms with van der Waals surface area (Å²) in [6.45, 7) is 11.0. The zero-order valence-corrected chi connectivity index (χ0v) is 12.1. The van der Waals surface area contributed by atoms with Crippen LogP contribution in [0.1, 0.15) is 31.9 Å². The molecule has 0 radical (unpaired) electrons. The van der Waals surface area contributed by atoms with Crippen molar-refractivity contribution < 1.29 is 0 Å². The number of rotatable bonds is 6. The highest BCUT2D eigenvalue weighted by molar-refractivity contribution is 6.31. The molecule has 0 saturated carbocycles. The third kappa shape index (κ3) is 4.69. The lowest BCUT2D eigenvalue weighted by Gasteiger charge is -2.20. The van der Waals surface area contributed by atoms with Crippen molar-refractivity contribution in [1.29, 1.82) is 0 Å². The van der Waals surface area contributed by atoms with Crippen molar-refractivity contribution in [2.75, 3.05) is 13.1 Å². The van der Waals surface area contributed by atoms with Crippen LogP contribution in [0.4, 0.5) is 0 Å². The van der Waals surface area contributed by atoms with E-state index in [-0.39, 0.29) is 0 Å². The molecule has 17 heavy (non-hydrogen) atoms. The maximum atomic E-state index is 6.27. The lowest BCUT2D eigenvalue weighted by molar-refractivity contribution is 0.368. The second-order valence-corrected chi connectivity index (χ2v) is 5.47. The number of halogens is 1. The van der Waals surface area contributed by atoms with Gasteiger partial charge >= 0.3 is 0 Å². The van der Waals surface area contributed by atoms with Crippen LogP contribution >= 0.6 is 11.6 Å². The summed E-state index contributed by atoms with van der Waals surface area (Å²) in [6, 6.07) is 6.36. The van der Waals surface area contributed by atoms with E-state index in [1.54, 1.807) is 0 Å². The van der Waals surface area contributed by atoms with Crippen LogP contribution in [-0.2, 0) is 6.42 Å². The Hall–Kier alpha value is -0.530. The van der Waals surface area contributed by atoms with Gasteiger partial charge in [0, 0.05) is 5.02 Å². The second kappa shape index (κ2) is 7.03. The molecule has 0 bridgehead atoms. The molecular formula is C15H24ClN. The first kappa shape index (κ1) is 14.5. The zero-order valence-electron chi connectivity index (χ0n) is 11.4. The summed E-state index contributed by atoms with van der Waals surface area (Å²) in [4.78, 5) is 0. The van der Waals surface area contributed by atoms with Crippen molar-refractivity contribution in [2.45, 2.75) is 34.1 Å². The molecule has 2 atom stereocenters. The quantitative estimate of drug-likeness (QED) is 0.806. The minimum Gasteiger partial charge on any atom is -0.317 e. The van der Waals surface area contributed by atoms with E-state index in [2.05, 4.69) is 51.2 Å². The highest BCUT2D eigenvalue weighted by atomic mass is 35.5. The molecule has 0 amide bonds. The Kier molecular flexibility index (Phi) is 6.01. The van der Waals surface area contributed by atoms with Gasteiger partial charge in [-0.15, -0.1) is 0 Å². The number of aryl methyl sites for hydroxylation is 1. The van der Waals surface area contributed by atoms with Crippen molar-refractivity contribution in [1.82, 2.24) is 5.32 Å². The van der Waals surface area contributed by atoms with E-state index in [0.29, 0.717) is 11.8 Å². The first-order chi connectivity index (χ1) is 8.04. The molecule has 0 aromatic heterocycles. The summed E-state index contributed by atoms with van der Waals surface area (Å²) >= 11 is 6.27. The highest BCUT2D eigenvalue weighted by Crippen LogP contribution is 2.23. The monoisotopic (exact) mass is 253 g/mol. The van der Waals surface area contributed by atoms with Gasteiger partial charge in [-0.2, -0.15) is 0 Å². The maximum Gasteiger partial charge on any atom is 0.0440 e. The minimum atomic E-state index is 0.647. The molecule has 1 aromatic carbocycles. The molecule has 96 valence electrons. The molecule has 2 unspecified atom stereocenters. The van der Waals surface area contributed by atoms with Gasteiger partial charge in [0.2, 0.25) is 0 Å². The van der Waals surface area contributed by atoms with Crippen molar-refractivity contribution in [3.05, 3.63) is 34.3 Å². The highest BCUT2D eigenvalue weighted by Gasteiger charge is 2.13. The Bertz CT molecular complexity index is 349. The van der Waals surface area contributed by atoms with E-state index >= 15 is 0 Å². The van der Waals surface area contributed by atoms with Crippen LogP contribution in [0.3, 0.4) is 0 Å². The van der Waals surface area contributed by atoms with E-state index in [4.69, 9.17) is 11.6 Å². The van der Waals surface area contributed by atoms with Crippen LogP contribution in [0.5, 0.6) is 0 Å². The zero-order chi connectivity index (χ0) is 12.8. The summed E-state index contributed by atoms with van der Waals surface area (Å²) in [5.74, 6) is 1.32. The van der Waals surface area contributed by atoms with Crippen molar-refractivity contribution in [3.8, 4) is 0 Å². The lowest BCUT2D eigenvalue weighted by atomic mass is 9.89. The Labute approximate surface area is 111 Å². The van der Waals surface area contributed by atoms with E-state index in [0.717, 1.165) is 24.5 Å². The van der Waals surface area contributed by atoms with Crippen LogP contribution < -0.4 is 5.32 Å². The molecule has 1 N–H and O–H groups in total. The predicted molar refractivity (Wildman–Crippen MR) is 76.8 cm³/mol.